The van der Waals surface area contributed by atoms with Gasteiger partial charge in [-0.05, 0) is 48.7 Å². The van der Waals surface area contributed by atoms with E-state index < -0.39 is 5.97 Å². The molecule has 1 heterocycles. The topological polar surface area (TPSA) is 64.3 Å². The van der Waals surface area contributed by atoms with Crippen LogP contribution in [0.25, 0.3) is 28.5 Å². The van der Waals surface area contributed by atoms with Crippen molar-refractivity contribution in [1.29, 1.82) is 0 Å². The first-order valence-corrected chi connectivity index (χ1v) is 10.4. The van der Waals surface area contributed by atoms with Crippen LogP contribution in [0, 0.1) is 0 Å². The number of nitrogens with zero attached hydrogens (tertiary/aromatic N) is 2. The molecule has 1 fully saturated rings. The Morgan fingerprint density at radius 1 is 1.03 bits per heavy atom. The van der Waals surface area contributed by atoms with Crippen LogP contribution in [-0.4, -0.2) is 28.0 Å². The lowest BCUT2D eigenvalue weighted by atomic mass is 9.94. The normalized spacial score (nSPS) is 14.8. The molecular weight excluding hydrogens is 376 g/mol. The molecule has 0 amide bonds. The molecule has 0 aliphatic heterocycles. The molecule has 0 spiro atoms. The minimum absolute atomic E-state index is 0.231. The molecule has 0 radical (unpaired) electrons. The van der Waals surface area contributed by atoms with E-state index >= 15 is 0 Å². The van der Waals surface area contributed by atoms with E-state index in [9.17, 15) is 9.90 Å². The first-order chi connectivity index (χ1) is 14.7. The third-order valence-corrected chi connectivity index (χ3v) is 5.64. The summed E-state index contributed by atoms with van der Waals surface area (Å²) >= 11 is 0. The van der Waals surface area contributed by atoms with Gasteiger partial charge in [0.2, 0.25) is 0 Å². The second kappa shape index (κ2) is 8.99. The van der Waals surface area contributed by atoms with Crippen LogP contribution < -0.4 is 0 Å². The highest BCUT2D eigenvalue weighted by atomic mass is 16.5. The number of esters is 1. The predicted octanol–water partition coefficient (Wildman–Crippen LogP) is 5.61. The smallest absolute Gasteiger partial charge is 0.330 e. The van der Waals surface area contributed by atoms with E-state index in [0.717, 1.165) is 40.9 Å². The Balaban J connectivity index is 1.95. The van der Waals surface area contributed by atoms with Crippen LogP contribution in [0.4, 0.5) is 0 Å². The van der Waals surface area contributed by atoms with Crippen LogP contribution in [0.3, 0.4) is 0 Å². The summed E-state index contributed by atoms with van der Waals surface area (Å²) in [5.41, 5.74) is 4.75. The van der Waals surface area contributed by atoms with Crippen molar-refractivity contribution >= 4 is 12.0 Å². The van der Waals surface area contributed by atoms with Crippen molar-refractivity contribution in [2.75, 3.05) is 7.11 Å². The first-order valence-electron chi connectivity index (χ1n) is 10.4. The van der Waals surface area contributed by atoms with Crippen LogP contribution >= 0.6 is 0 Å². The standard InChI is InChI=1S/C25H26N2O3/c1-30-23(29)17-16-22-24(18-8-4-2-5-9-18)25(19-12-14-21(28)15-13-19)27(26-22)20-10-6-3-7-11-20/h2,4-5,8-9,12-17,20,28H,3,6-7,10-11H2,1H3/b17-16+. The summed E-state index contributed by atoms with van der Waals surface area (Å²) < 4.78 is 6.91. The van der Waals surface area contributed by atoms with E-state index in [-0.39, 0.29) is 5.75 Å². The second-order valence-corrected chi connectivity index (χ2v) is 7.61. The number of aromatic hydroxyl groups is 1. The van der Waals surface area contributed by atoms with Gasteiger partial charge in [-0.15, -0.1) is 0 Å². The maximum atomic E-state index is 11.8. The highest BCUT2D eigenvalue weighted by Crippen LogP contribution is 2.40. The Hall–Kier alpha value is -3.34. The van der Waals surface area contributed by atoms with Gasteiger partial charge in [0.15, 0.2) is 0 Å². The molecule has 5 heteroatoms. The average molecular weight is 402 g/mol. The van der Waals surface area contributed by atoms with Gasteiger partial charge in [0.25, 0.3) is 0 Å². The van der Waals surface area contributed by atoms with E-state index in [2.05, 4.69) is 16.8 Å². The van der Waals surface area contributed by atoms with Gasteiger partial charge in [-0.25, -0.2) is 4.79 Å². The quantitative estimate of drug-likeness (QED) is 0.445. The largest absolute Gasteiger partial charge is 0.508 e. The Morgan fingerprint density at radius 2 is 1.73 bits per heavy atom. The molecule has 1 aliphatic rings. The predicted molar refractivity (Wildman–Crippen MR) is 118 cm³/mol. The van der Waals surface area contributed by atoms with Crippen molar-refractivity contribution in [2.45, 2.75) is 38.1 Å². The van der Waals surface area contributed by atoms with Gasteiger partial charge in [-0.3, -0.25) is 4.68 Å². The highest BCUT2D eigenvalue weighted by Gasteiger charge is 2.25. The summed E-state index contributed by atoms with van der Waals surface area (Å²) in [6, 6.07) is 17.7. The molecule has 4 rings (SSSR count). The molecule has 3 aromatic rings. The number of aromatic nitrogens is 2. The number of ether oxygens (including phenoxy) is 1. The average Bonchev–Trinajstić information content (AvgIpc) is 3.18. The molecule has 30 heavy (non-hydrogen) atoms. The number of methoxy groups -OCH3 is 1. The fourth-order valence-corrected chi connectivity index (χ4v) is 4.16. The maximum absolute atomic E-state index is 11.8. The van der Waals surface area contributed by atoms with Gasteiger partial charge in [0.05, 0.1) is 24.5 Å². The number of carbonyl (C=O) groups excluding carboxylic acids is 1. The molecule has 1 aliphatic carbocycles. The third-order valence-electron chi connectivity index (χ3n) is 5.64. The number of phenols is 1. The highest BCUT2D eigenvalue weighted by molar-refractivity contribution is 5.92. The molecule has 2 aromatic carbocycles. The second-order valence-electron chi connectivity index (χ2n) is 7.61. The first kappa shape index (κ1) is 20.0. The van der Waals surface area contributed by atoms with E-state index in [1.807, 2.05) is 30.3 Å². The van der Waals surface area contributed by atoms with Crippen molar-refractivity contribution in [3.63, 3.8) is 0 Å². The fourth-order valence-electron chi connectivity index (χ4n) is 4.16. The van der Waals surface area contributed by atoms with Gasteiger partial charge >= 0.3 is 5.97 Å². The van der Waals surface area contributed by atoms with Crippen molar-refractivity contribution < 1.29 is 14.6 Å². The van der Waals surface area contributed by atoms with E-state index in [4.69, 9.17) is 9.84 Å². The maximum Gasteiger partial charge on any atom is 0.330 e. The van der Waals surface area contributed by atoms with Crippen LogP contribution in [0.2, 0.25) is 0 Å². The summed E-state index contributed by atoms with van der Waals surface area (Å²) in [7, 11) is 1.37. The molecule has 0 saturated heterocycles. The number of hydrogen-bond donors (Lipinski definition) is 1. The van der Waals surface area contributed by atoms with Crippen LogP contribution in [-0.2, 0) is 9.53 Å². The van der Waals surface area contributed by atoms with Crippen molar-refractivity contribution in [2.24, 2.45) is 0 Å². The van der Waals surface area contributed by atoms with E-state index in [0.29, 0.717) is 6.04 Å². The minimum Gasteiger partial charge on any atom is -0.508 e. The van der Waals surface area contributed by atoms with Gasteiger partial charge in [-0.1, -0.05) is 49.6 Å². The van der Waals surface area contributed by atoms with Gasteiger partial charge in [0.1, 0.15) is 5.75 Å². The van der Waals surface area contributed by atoms with Gasteiger partial charge < -0.3 is 9.84 Å². The lowest BCUT2D eigenvalue weighted by molar-refractivity contribution is -0.134. The number of hydrogen-bond acceptors (Lipinski definition) is 4. The summed E-state index contributed by atoms with van der Waals surface area (Å²) in [6.07, 6.45) is 8.95. The van der Waals surface area contributed by atoms with Crippen molar-refractivity contribution in [3.8, 4) is 28.1 Å². The van der Waals surface area contributed by atoms with Crippen LogP contribution in [0.5, 0.6) is 5.75 Å². The molecule has 0 atom stereocenters. The summed E-state index contributed by atoms with van der Waals surface area (Å²) in [4.78, 5) is 11.8. The number of carbonyl (C=O) groups is 1. The lowest BCUT2D eigenvalue weighted by Gasteiger charge is -2.24. The number of phenolic OH excluding ortho intramolecular Hbond substituents is 1. The fraction of sp³-hybridized carbons (Fsp3) is 0.280. The summed E-state index contributed by atoms with van der Waals surface area (Å²) in [6.45, 7) is 0. The molecule has 1 aromatic heterocycles. The summed E-state index contributed by atoms with van der Waals surface area (Å²) in [5, 5.41) is 14.8. The monoisotopic (exact) mass is 402 g/mol. The molecule has 0 bridgehead atoms. The molecule has 0 unspecified atom stereocenters. The van der Waals surface area contributed by atoms with E-state index in [1.165, 1.54) is 32.4 Å². The molecule has 1 N–H and O–H groups in total. The number of benzene rings is 2. The molecular formula is C25H26N2O3. The Kier molecular flexibility index (Phi) is 5.98. The zero-order valence-electron chi connectivity index (χ0n) is 17.1. The Labute approximate surface area is 176 Å². The number of rotatable bonds is 5. The molecule has 5 nitrogen and oxygen atoms in total. The Bertz CT molecular complexity index is 1030. The van der Waals surface area contributed by atoms with Gasteiger partial charge in [-0.2, -0.15) is 5.10 Å². The Morgan fingerprint density at radius 3 is 2.40 bits per heavy atom. The lowest BCUT2D eigenvalue weighted by Crippen LogP contribution is -2.15. The zero-order valence-corrected chi connectivity index (χ0v) is 17.1. The van der Waals surface area contributed by atoms with Crippen molar-refractivity contribution in [1.82, 2.24) is 9.78 Å². The van der Waals surface area contributed by atoms with Crippen LogP contribution in [0.15, 0.2) is 60.7 Å². The third kappa shape index (κ3) is 4.15. The van der Waals surface area contributed by atoms with Crippen molar-refractivity contribution in [3.05, 3.63) is 66.4 Å². The van der Waals surface area contributed by atoms with Crippen LogP contribution in [0.1, 0.15) is 43.8 Å². The van der Waals surface area contributed by atoms with E-state index in [1.54, 1.807) is 18.2 Å². The minimum atomic E-state index is -0.410. The zero-order chi connectivity index (χ0) is 20.9. The van der Waals surface area contributed by atoms with Gasteiger partial charge in [0, 0.05) is 17.2 Å². The molecule has 154 valence electrons. The summed E-state index contributed by atoms with van der Waals surface area (Å²) in [5.74, 6) is -0.179. The molecule has 1 saturated carbocycles. The SMILES string of the molecule is COC(=O)/C=C/c1nn(C2CCCCC2)c(-c2ccc(O)cc2)c1-c1ccccc1.